The summed E-state index contributed by atoms with van der Waals surface area (Å²) >= 11 is 0. The minimum Gasteiger partial charge on any atom is -0.389 e. The largest absolute Gasteiger partial charge is 0.389 e. The summed E-state index contributed by atoms with van der Waals surface area (Å²) in [7, 11) is 0. The highest BCUT2D eigenvalue weighted by atomic mass is 16.3. The van der Waals surface area contributed by atoms with Crippen LogP contribution in [0.3, 0.4) is 0 Å². The van der Waals surface area contributed by atoms with Gasteiger partial charge in [-0.2, -0.15) is 0 Å². The molecule has 1 fully saturated rings. The second-order valence-corrected chi connectivity index (χ2v) is 6.73. The molecule has 1 aromatic carbocycles. The van der Waals surface area contributed by atoms with Crippen LogP contribution in [0.25, 0.3) is 0 Å². The fourth-order valence-corrected chi connectivity index (χ4v) is 3.19. The lowest BCUT2D eigenvalue weighted by Gasteiger charge is -2.47. The van der Waals surface area contributed by atoms with Gasteiger partial charge in [0.1, 0.15) is 0 Å². The minimum atomic E-state index is -0.538. The van der Waals surface area contributed by atoms with E-state index < -0.39 is 5.60 Å². The number of hydrogen-bond acceptors (Lipinski definition) is 1. The molecule has 1 saturated carbocycles. The number of rotatable bonds is 2. The topological polar surface area (TPSA) is 20.2 Å². The quantitative estimate of drug-likeness (QED) is 0.830. The minimum absolute atomic E-state index is 0.0292. The summed E-state index contributed by atoms with van der Waals surface area (Å²) in [6.45, 7) is 8.71. The van der Waals surface area contributed by atoms with E-state index in [1.165, 1.54) is 23.1 Å². The first-order chi connectivity index (χ1) is 8.34. The van der Waals surface area contributed by atoms with Crippen LogP contribution in [0, 0.1) is 19.3 Å². The molecule has 1 N–H and O–H groups in total. The zero-order chi connectivity index (χ0) is 13.4. The van der Waals surface area contributed by atoms with E-state index in [-0.39, 0.29) is 5.41 Å². The lowest BCUT2D eigenvalue weighted by atomic mass is 9.63. The smallest absolute Gasteiger partial charge is 0.0738 e. The first-order valence-corrected chi connectivity index (χ1v) is 7.13. The van der Waals surface area contributed by atoms with Crippen molar-refractivity contribution in [3.8, 4) is 0 Å². The Morgan fingerprint density at radius 1 is 1.11 bits per heavy atom. The van der Waals surface area contributed by atoms with Crippen LogP contribution >= 0.6 is 0 Å². The molecular formula is C17H26O. The van der Waals surface area contributed by atoms with Crippen molar-refractivity contribution in [3.05, 3.63) is 34.9 Å². The lowest BCUT2D eigenvalue weighted by Crippen LogP contribution is -2.48. The van der Waals surface area contributed by atoms with Crippen molar-refractivity contribution < 1.29 is 5.11 Å². The second-order valence-electron chi connectivity index (χ2n) is 6.73. The van der Waals surface area contributed by atoms with Crippen LogP contribution in [-0.2, 0) is 6.42 Å². The number of hydrogen-bond donors (Lipinski definition) is 1. The Bertz CT molecular complexity index is 433. The van der Waals surface area contributed by atoms with Gasteiger partial charge in [-0.05, 0) is 43.2 Å². The molecule has 1 unspecified atom stereocenters. The molecule has 2 rings (SSSR count). The van der Waals surface area contributed by atoms with Crippen molar-refractivity contribution in [2.75, 3.05) is 0 Å². The van der Waals surface area contributed by atoms with Crippen molar-refractivity contribution in [2.24, 2.45) is 5.41 Å². The fraction of sp³-hybridized carbons (Fsp3) is 0.647. The van der Waals surface area contributed by atoms with Crippen LogP contribution in [0.1, 0.15) is 56.2 Å². The molecule has 1 nitrogen and oxygen atoms in total. The average Bonchev–Trinajstić information content (AvgIpc) is 2.28. The molecule has 1 atom stereocenters. The van der Waals surface area contributed by atoms with Gasteiger partial charge in [-0.15, -0.1) is 0 Å². The normalized spacial score (nSPS) is 27.2. The molecule has 0 radical (unpaired) electrons. The van der Waals surface area contributed by atoms with Gasteiger partial charge in [-0.25, -0.2) is 0 Å². The maximum atomic E-state index is 11.1. The standard InChI is InChI=1S/C17H26O/c1-13-7-8-14(2)15(11-13)12-17(18)10-6-5-9-16(17,3)4/h7-8,11,18H,5-6,9-10,12H2,1-4H3. The van der Waals surface area contributed by atoms with Crippen LogP contribution in [0.2, 0.25) is 0 Å². The van der Waals surface area contributed by atoms with Crippen molar-refractivity contribution in [3.63, 3.8) is 0 Å². The van der Waals surface area contributed by atoms with Crippen LogP contribution < -0.4 is 0 Å². The van der Waals surface area contributed by atoms with Gasteiger partial charge in [0, 0.05) is 6.42 Å². The van der Waals surface area contributed by atoms with Gasteiger partial charge in [-0.1, -0.05) is 50.5 Å². The Morgan fingerprint density at radius 2 is 1.78 bits per heavy atom. The third-order valence-electron chi connectivity index (χ3n) is 4.89. The van der Waals surface area contributed by atoms with Gasteiger partial charge in [0.15, 0.2) is 0 Å². The Labute approximate surface area is 111 Å². The molecule has 1 aromatic rings. The molecule has 100 valence electrons. The third-order valence-corrected chi connectivity index (χ3v) is 4.89. The summed E-state index contributed by atoms with van der Waals surface area (Å²) in [5, 5.41) is 11.1. The van der Waals surface area contributed by atoms with E-state index in [0.717, 1.165) is 25.7 Å². The predicted octanol–water partition coefficient (Wildman–Crippen LogP) is 4.18. The van der Waals surface area contributed by atoms with E-state index in [2.05, 4.69) is 45.9 Å². The monoisotopic (exact) mass is 246 g/mol. The first kappa shape index (κ1) is 13.6. The molecule has 1 aliphatic rings. The highest BCUT2D eigenvalue weighted by Gasteiger charge is 2.45. The third kappa shape index (κ3) is 2.47. The fourth-order valence-electron chi connectivity index (χ4n) is 3.19. The van der Waals surface area contributed by atoms with E-state index in [1.807, 2.05) is 0 Å². The molecule has 1 aliphatic carbocycles. The Balaban J connectivity index is 2.28. The number of benzene rings is 1. The molecule has 0 saturated heterocycles. The van der Waals surface area contributed by atoms with Crippen molar-refractivity contribution in [2.45, 2.75) is 65.4 Å². The maximum Gasteiger partial charge on any atom is 0.0738 e. The average molecular weight is 246 g/mol. The Morgan fingerprint density at radius 3 is 2.44 bits per heavy atom. The van der Waals surface area contributed by atoms with Crippen LogP contribution in [0.5, 0.6) is 0 Å². The summed E-state index contributed by atoms with van der Waals surface area (Å²) in [5.41, 5.74) is 3.39. The van der Waals surface area contributed by atoms with Gasteiger partial charge < -0.3 is 5.11 Å². The Kier molecular flexibility index (Phi) is 3.55. The second kappa shape index (κ2) is 4.70. The molecule has 18 heavy (non-hydrogen) atoms. The Hall–Kier alpha value is -0.820. The van der Waals surface area contributed by atoms with E-state index in [0.29, 0.717) is 0 Å². The summed E-state index contributed by atoms with van der Waals surface area (Å²) in [5.74, 6) is 0. The van der Waals surface area contributed by atoms with E-state index in [1.54, 1.807) is 0 Å². The van der Waals surface area contributed by atoms with Crippen molar-refractivity contribution >= 4 is 0 Å². The van der Waals surface area contributed by atoms with Crippen molar-refractivity contribution in [1.29, 1.82) is 0 Å². The van der Waals surface area contributed by atoms with E-state index in [9.17, 15) is 5.11 Å². The summed E-state index contributed by atoms with van der Waals surface area (Å²) < 4.78 is 0. The molecule has 0 heterocycles. The maximum absolute atomic E-state index is 11.1. The molecule has 0 aromatic heterocycles. The van der Waals surface area contributed by atoms with E-state index >= 15 is 0 Å². The lowest BCUT2D eigenvalue weighted by molar-refractivity contribution is -0.0959. The van der Waals surface area contributed by atoms with Crippen LogP contribution in [0.15, 0.2) is 18.2 Å². The van der Waals surface area contributed by atoms with Gasteiger partial charge in [0.05, 0.1) is 5.60 Å². The van der Waals surface area contributed by atoms with Gasteiger partial charge >= 0.3 is 0 Å². The molecule has 0 amide bonds. The van der Waals surface area contributed by atoms with Gasteiger partial charge in [0.25, 0.3) is 0 Å². The SMILES string of the molecule is Cc1ccc(C)c(CC2(O)CCCCC2(C)C)c1. The molecule has 1 heteroatoms. The van der Waals surface area contributed by atoms with Crippen molar-refractivity contribution in [1.82, 2.24) is 0 Å². The molecule has 0 spiro atoms. The van der Waals surface area contributed by atoms with E-state index in [4.69, 9.17) is 0 Å². The van der Waals surface area contributed by atoms with Gasteiger partial charge in [-0.3, -0.25) is 0 Å². The summed E-state index contributed by atoms with van der Waals surface area (Å²) in [6.07, 6.45) is 5.28. The highest BCUT2D eigenvalue weighted by Crippen LogP contribution is 2.45. The summed E-state index contributed by atoms with van der Waals surface area (Å²) in [6, 6.07) is 6.55. The number of aryl methyl sites for hydroxylation is 2. The first-order valence-electron chi connectivity index (χ1n) is 7.13. The van der Waals surface area contributed by atoms with Crippen LogP contribution in [0.4, 0.5) is 0 Å². The highest BCUT2D eigenvalue weighted by molar-refractivity contribution is 5.32. The van der Waals surface area contributed by atoms with Gasteiger partial charge in [0.2, 0.25) is 0 Å². The zero-order valence-corrected chi connectivity index (χ0v) is 12.2. The molecule has 0 aliphatic heterocycles. The molecule has 0 bridgehead atoms. The summed E-state index contributed by atoms with van der Waals surface area (Å²) in [4.78, 5) is 0. The molecular weight excluding hydrogens is 220 g/mol. The number of aliphatic hydroxyl groups is 1. The predicted molar refractivity (Wildman–Crippen MR) is 76.8 cm³/mol. The zero-order valence-electron chi connectivity index (χ0n) is 12.2. The van der Waals surface area contributed by atoms with Crippen LogP contribution in [-0.4, -0.2) is 10.7 Å².